The lowest BCUT2D eigenvalue weighted by Gasteiger charge is -2.34. The Bertz CT molecular complexity index is 2530. The molecule has 0 aromatic heterocycles. The van der Waals surface area contributed by atoms with E-state index in [1.807, 2.05) is 6.92 Å². The smallest absolute Gasteiger partial charge is 0.176 e. The summed E-state index contributed by atoms with van der Waals surface area (Å²) >= 11 is 0. The first kappa shape index (κ1) is 56.8. The van der Waals surface area contributed by atoms with Crippen molar-refractivity contribution >= 4 is 42.3 Å². The minimum absolute atomic E-state index is 0.208. The van der Waals surface area contributed by atoms with E-state index in [2.05, 4.69) is 169 Å². The van der Waals surface area contributed by atoms with Gasteiger partial charge in [0, 0.05) is 32.6 Å². The molecule has 384 valence electrons. The largest absolute Gasteiger partial charge is 0.299 e. The molecule has 0 bridgehead atoms. The number of aryl methyl sites for hydroxylation is 1. The van der Waals surface area contributed by atoms with Gasteiger partial charge >= 0.3 is 0 Å². The van der Waals surface area contributed by atoms with Gasteiger partial charge in [-0.25, -0.2) is 0 Å². The number of rotatable bonds is 28. The van der Waals surface area contributed by atoms with Gasteiger partial charge in [-0.15, -0.1) is 0 Å². The molecule has 0 atom stereocenters. The lowest BCUT2D eigenvalue weighted by atomic mass is 9.35. The van der Waals surface area contributed by atoms with Crippen LogP contribution in [0.15, 0.2) is 127 Å². The fourth-order valence-corrected chi connectivity index (χ4v) is 11.8. The Kier molecular flexibility index (Phi) is 21.9. The maximum atomic E-state index is 12.3. The summed E-state index contributed by atoms with van der Waals surface area (Å²) in [4.78, 5) is 17.9. The minimum Gasteiger partial charge on any atom is -0.299 e. The summed E-state index contributed by atoms with van der Waals surface area (Å²) in [7, 11) is 0. The van der Waals surface area contributed by atoms with Crippen molar-refractivity contribution in [3.05, 3.63) is 166 Å². The van der Waals surface area contributed by atoms with E-state index in [-0.39, 0.29) is 5.78 Å². The van der Waals surface area contributed by atoms with Crippen LogP contribution in [0.1, 0.15) is 159 Å². The summed E-state index contributed by atoms with van der Waals surface area (Å²) in [6, 6.07) is 35.0. The second kappa shape index (κ2) is 27.7. The zero-order valence-corrected chi connectivity index (χ0v) is 46.6. The van der Waals surface area contributed by atoms with Gasteiger partial charge in [0.2, 0.25) is 0 Å². The number of nitrogens with zero attached hydrogens (tertiary/aromatic N) is 2. The maximum Gasteiger partial charge on any atom is 0.176 e. The molecule has 2 aliphatic rings. The van der Waals surface area contributed by atoms with Crippen molar-refractivity contribution in [3.8, 4) is 0 Å². The maximum absolute atomic E-state index is 12.3. The van der Waals surface area contributed by atoms with Crippen molar-refractivity contribution in [2.45, 2.75) is 183 Å². The lowest BCUT2D eigenvalue weighted by molar-refractivity contribution is -0.115. The third kappa shape index (κ3) is 17.6. The number of carbonyl (C=O) groups excluding carboxylic acids is 1. The molecular weight excluding hydrogens is 870 g/mol. The standard InChI is InChI=1S/C67H94B2N2O/c1-52(2)55(6)26-16-12-14-25-46-71(50-59-29-20-23-32-64(59)69-43-39-67(10,11)40-44-69)51-62(60-30-21-18-27-56(60)7)61-48-54(5)34-35-57(61)36-47-70(45-24-15-13-17-33-65(72)53(3)4)49-58-28-19-22-31-63(58)68-41-37-66(8,9)38-42-68/h18-23,27-32,34-35,48H,1,3,6-7,12-17,24-26,33,36-47,49-51H2,2,4-5,8-11H3/b62-60-. The van der Waals surface area contributed by atoms with Gasteiger partial charge in [-0.05, 0) is 127 Å². The number of allylic oxidation sites excluding steroid dienone is 3. The molecule has 0 saturated carbocycles. The summed E-state index contributed by atoms with van der Waals surface area (Å²) in [5.41, 5.74) is 15.5. The topological polar surface area (TPSA) is 23.6 Å². The first-order chi connectivity index (χ1) is 34.5. The Morgan fingerprint density at radius 2 is 1.07 bits per heavy atom. The van der Waals surface area contributed by atoms with Gasteiger partial charge in [-0.2, -0.15) is 0 Å². The van der Waals surface area contributed by atoms with Gasteiger partial charge in [0.15, 0.2) is 19.2 Å². The van der Waals surface area contributed by atoms with Crippen LogP contribution in [0.4, 0.5) is 0 Å². The Labute approximate surface area is 440 Å². The zero-order chi connectivity index (χ0) is 51.7. The number of hydrogen-bond donors (Lipinski definition) is 0. The van der Waals surface area contributed by atoms with Crippen LogP contribution in [-0.2, 0) is 24.3 Å². The highest BCUT2D eigenvalue weighted by atomic mass is 16.1. The minimum atomic E-state index is 0.208. The second-order valence-corrected chi connectivity index (χ2v) is 24.2. The van der Waals surface area contributed by atoms with Crippen molar-refractivity contribution in [1.29, 1.82) is 0 Å². The predicted molar refractivity (Wildman–Crippen MR) is 318 cm³/mol. The molecule has 4 aromatic rings. The highest BCUT2D eigenvalue weighted by molar-refractivity contribution is 6.74. The van der Waals surface area contributed by atoms with Gasteiger partial charge < -0.3 is 0 Å². The molecule has 3 nitrogen and oxygen atoms in total. The van der Waals surface area contributed by atoms with Crippen molar-refractivity contribution in [2.24, 2.45) is 10.8 Å². The predicted octanol–water partition coefficient (Wildman–Crippen LogP) is 14.4. The van der Waals surface area contributed by atoms with E-state index < -0.39 is 0 Å². The molecule has 5 heteroatoms. The van der Waals surface area contributed by atoms with Crippen molar-refractivity contribution in [1.82, 2.24) is 9.80 Å². The number of unbranched alkanes of at least 4 members (excludes halogenated alkanes) is 6. The Morgan fingerprint density at radius 1 is 0.569 bits per heavy atom. The highest BCUT2D eigenvalue weighted by Gasteiger charge is 2.32. The average Bonchev–Trinajstić information content (AvgIpc) is 3.35. The summed E-state index contributed by atoms with van der Waals surface area (Å²) in [5, 5.41) is 2.36. The monoisotopic (exact) mass is 965 g/mol. The summed E-state index contributed by atoms with van der Waals surface area (Å²) < 4.78 is 0. The molecule has 2 fully saturated rings. The molecular formula is C67H94B2N2O. The molecule has 72 heavy (non-hydrogen) atoms. The van der Waals surface area contributed by atoms with Crippen LogP contribution < -0.4 is 21.4 Å². The van der Waals surface area contributed by atoms with E-state index >= 15 is 0 Å². The molecule has 6 rings (SSSR count). The van der Waals surface area contributed by atoms with E-state index in [1.165, 1.54) is 121 Å². The third-order valence-electron chi connectivity index (χ3n) is 16.9. The van der Waals surface area contributed by atoms with Gasteiger partial charge in [-0.3, -0.25) is 14.6 Å². The van der Waals surface area contributed by atoms with Crippen LogP contribution in [0, 0.1) is 17.8 Å². The van der Waals surface area contributed by atoms with Gasteiger partial charge in [0.05, 0.1) is 0 Å². The SMILES string of the molecule is C=C(C)C(=C)CCCCCCN(C/C(c1cc(C)ccc1CCN(CCCCCCC(=O)C(=C)C)Cc1ccccc1B1CCC(C)(C)CC1)=c1\ccccc1=C)Cc1ccccc1B1CCC(C)(C)CC1. The van der Waals surface area contributed by atoms with Gasteiger partial charge in [0.25, 0.3) is 0 Å². The normalized spacial score (nSPS) is 16.0. The summed E-state index contributed by atoms with van der Waals surface area (Å²) in [6.07, 6.45) is 22.0. The molecule has 0 aliphatic carbocycles. The molecule has 2 aliphatic heterocycles. The van der Waals surface area contributed by atoms with E-state index in [9.17, 15) is 4.79 Å². The van der Waals surface area contributed by atoms with Crippen LogP contribution in [-0.4, -0.2) is 55.2 Å². The number of Topliss-reactive ketones (excluding diaryl/α,β-unsaturated/α-hetero) is 1. The molecule has 0 spiro atoms. The van der Waals surface area contributed by atoms with Crippen LogP contribution in [0.25, 0.3) is 12.2 Å². The molecule has 2 saturated heterocycles. The molecule has 0 amide bonds. The molecule has 4 aromatic carbocycles. The molecule has 0 N–H and O–H groups in total. The van der Waals surface area contributed by atoms with Crippen LogP contribution in [0.3, 0.4) is 0 Å². The first-order valence-electron chi connectivity index (χ1n) is 28.5. The molecule has 2 heterocycles. The fourth-order valence-electron chi connectivity index (χ4n) is 11.8. The van der Waals surface area contributed by atoms with Gasteiger partial charge in [-0.1, -0.05) is 249 Å². The van der Waals surface area contributed by atoms with Crippen molar-refractivity contribution < 1.29 is 4.79 Å². The number of hydrogen-bond acceptors (Lipinski definition) is 3. The first-order valence-corrected chi connectivity index (χ1v) is 28.5. The van der Waals surface area contributed by atoms with Crippen molar-refractivity contribution in [2.75, 3.05) is 26.2 Å². The Balaban J connectivity index is 1.30. The quantitative estimate of drug-likeness (QED) is 0.0245. The van der Waals surface area contributed by atoms with Crippen LogP contribution >= 0.6 is 0 Å². The van der Waals surface area contributed by atoms with E-state index in [0.717, 1.165) is 88.6 Å². The molecule has 0 unspecified atom stereocenters. The molecule has 0 radical (unpaired) electrons. The zero-order valence-electron chi connectivity index (χ0n) is 46.6. The summed E-state index contributed by atoms with van der Waals surface area (Å²) in [5.74, 6) is 0.208. The summed E-state index contributed by atoms with van der Waals surface area (Å²) in [6.45, 7) is 40.1. The van der Waals surface area contributed by atoms with E-state index in [1.54, 1.807) is 10.9 Å². The Hall–Kier alpha value is -4.44. The number of carbonyl (C=O) groups is 1. The average molecular weight is 965 g/mol. The fraction of sp³-hybridized carbons (Fsp3) is 0.507. The Morgan fingerprint density at radius 3 is 1.62 bits per heavy atom. The highest BCUT2D eigenvalue weighted by Crippen LogP contribution is 2.37. The third-order valence-corrected chi connectivity index (χ3v) is 16.9. The van der Waals surface area contributed by atoms with Crippen LogP contribution in [0.2, 0.25) is 25.3 Å². The van der Waals surface area contributed by atoms with Gasteiger partial charge in [0.1, 0.15) is 0 Å². The van der Waals surface area contributed by atoms with E-state index in [0.29, 0.717) is 36.2 Å². The lowest BCUT2D eigenvalue weighted by Crippen LogP contribution is -2.40. The number of benzene rings is 4. The number of ketones is 1. The van der Waals surface area contributed by atoms with Crippen LogP contribution in [0.5, 0.6) is 0 Å². The second-order valence-electron chi connectivity index (χ2n) is 24.2. The van der Waals surface area contributed by atoms with Crippen molar-refractivity contribution in [3.63, 3.8) is 0 Å². The van der Waals surface area contributed by atoms with E-state index in [4.69, 9.17) is 0 Å².